The van der Waals surface area contributed by atoms with E-state index in [0.717, 1.165) is 13.0 Å². The van der Waals surface area contributed by atoms with Crippen molar-refractivity contribution in [1.29, 1.82) is 0 Å². The van der Waals surface area contributed by atoms with Crippen LogP contribution in [-0.4, -0.2) is 36.6 Å². The second-order valence-electron chi connectivity index (χ2n) is 4.15. The highest BCUT2D eigenvalue weighted by atomic mass is 16.5. The fourth-order valence-corrected chi connectivity index (χ4v) is 1.88. The standard InChI is InChI=1S/C10H19NO2/c1-7-6-11(4)8(2)5-10(7)13-9(3)12/h7-8,10H,5-6H2,1-4H3. The molecular weight excluding hydrogens is 166 g/mol. The predicted octanol–water partition coefficient (Wildman–Crippen LogP) is 1.28. The van der Waals surface area contributed by atoms with E-state index in [-0.39, 0.29) is 12.1 Å². The zero-order chi connectivity index (χ0) is 10.0. The summed E-state index contributed by atoms with van der Waals surface area (Å²) in [7, 11) is 2.12. The molecule has 0 aromatic carbocycles. The second kappa shape index (κ2) is 4.09. The summed E-state index contributed by atoms with van der Waals surface area (Å²) in [6.45, 7) is 6.80. The molecule has 0 spiro atoms. The van der Waals surface area contributed by atoms with Crippen molar-refractivity contribution in [1.82, 2.24) is 4.90 Å². The van der Waals surface area contributed by atoms with Crippen LogP contribution in [-0.2, 0) is 9.53 Å². The van der Waals surface area contributed by atoms with E-state index in [4.69, 9.17) is 4.74 Å². The Labute approximate surface area is 80.1 Å². The Balaban J connectivity index is 2.51. The Morgan fingerprint density at radius 2 is 2.08 bits per heavy atom. The Morgan fingerprint density at radius 3 is 2.62 bits per heavy atom. The molecule has 1 fully saturated rings. The first-order valence-electron chi connectivity index (χ1n) is 4.88. The van der Waals surface area contributed by atoms with Gasteiger partial charge in [0.05, 0.1) is 0 Å². The van der Waals surface area contributed by atoms with Crippen molar-refractivity contribution in [2.24, 2.45) is 5.92 Å². The molecule has 1 saturated heterocycles. The zero-order valence-electron chi connectivity index (χ0n) is 8.91. The Kier molecular flexibility index (Phi) is 3.31. The molecule has 0 aromatic heterocycles. The maximum Gasteiger partial charge on any atom is 0.302 e. The van der Waals surface area contributed by atoms with Crippen LogP contribution in [0, 0.1) is 5.92 Å². The van der Waals surface area contributed by atoms with E-state index in [0.29, 0.717) is 12.0 Å². The van der Waals surface area contributed by atoms with Crippen LogP contribution in [0.5, 0.6) is 0 Å². The minimum absolute atomic E-state index is 0.115. The van der Waals surface area contributed by atoms with Crippen LogP contribution >= 0.6 is 0 Å². The third kappa shape index (κ3) is 2.69. The van der Waals surface area contributed by atoms with Crippen molar-refractivity contribution in [3.63, 3.8) is 0 Å². The molecule has 13 heavy (non-hydrogen) atoms. The monoisotopic (exact) mass is 185 g/mol. The molecule has 1 heterocycles. The maximum absolute atomic E-state index is 10.8. The van der Waals surface area contributed by atoms with Crippen LogP contribution < -0.4 is 0 Å². The van der Waals surface area contributed by atoms with Gasteiger partial charge in [-0.05, 0) is 20.4 Å². The highest BCUT2D eigenvalue weighted by Gasteiger charge is 2.30. The van der Waals surface area contributed by atoms with Gasteiger partial charge in [-0.3, -0.25) is 4.79 Å². The highest BCUT2D eigenvalue weighted by molar-refractivity contribution is 5.66. The molecule has 3 heteroatoms. The molecule has 0 N–H and O–H groups in total. The molecule has 76 valence electrons. The second-order valence-corrected chi connectivity index (χ2v) is 4.15. The van der Waals surface area contributed by atoms with Crippen molar-refractivity contribution < 1.29 is 9.53 Å². The number of nitrogens with zero attached hydrogens (tertiary/aromatic N) is 1. The summed E-state index contributed by atoms with van der Waals surface area (Å²) in [5.74, 6) is 0.290. The minimum atomic E-state index is -0.159. The largest absolute Gasteiger partial charge is 0.462 e. The van der Waals surface area contributed by atoms with Gasteiger partial charge in [-0.1, -0.05) is 6.92 Å². The summed E-state index contributed by atoms with van der Waals surface area (Å²) in [5, 5.41) is 0. The third-order valence-corrected chi connectivity index (χ3v) is 2.85. The van der Waals surface area contributed by atoms with Gasteiger partial charge in [0, 0.05) is 25.4 Å². The van der Waals surface area contributed by atoms with Gasteiger partial charge >= 0.3 is 5.97 Å². The lowest BCUT2D eigenvalue weighted by atomic mass is 9.92. The maximum atomic E-state index is 10.8. The van der Waals surface area contributed by atoms with Crippen LogP contribution in [0.15, 0.2) is 0 Å². The Morgan fingerprint density at radius 1 is 1.46 bits per heavy atom. The van der Waals surface area contributed by atoms with E-state index in [1.54, 1.807) is 0 Å². The van der Waals surface area contributed by atoms with E-state index in [2.05, 4.69) is 25.8 Å². The molecule has 0 radical (unpaired) electrons. The average molecular weight is 185 g/mol. The number of ether oxygens (including phenoxy) is 1. The number of esters is 1. The topological polar surface area (TPSA) is 29.5 Å². The van der Waals surface area contributed by atoms with Crippen LogP contribution in [0.4, 0.5) is 0 Å². The van der Waals surface area contributed by atoms with Crippen molar-refractivity contribution in [3.05, 3.63) is 0 Å². The fourth-order valence-electron chi connectivity index (χ4n) is 1.88. The number of carbonyl (C=O) groups is 1. The van der Waals surface area contributed by atoms with E-state index in [1.165, 1.54) is 6.92 Å². The first kappa shape index (κ1) is 10.5. The molecular formula is C10H19NO2. The number of hydrogen-bond donors (Lipinski definition) is 0. The molecule has 1 aliphatic rings. The quantitative estimate of drug-likeness (QED) is 0.576. The third-order valence-electron chi connectivity index (χ3n) is 2.85. The SMILES string of the molecule is CC(=O)OC1CC(C)N(C)CC1C. The van der Waals surface area contributed by atoms with Gasteiger partial charge in [-0.2, -0.15) is 0 Å². The molecule has 3 unspecified atom stereocenters. The minimum Gasteiger partial charge on any atom is -0.462 e. The lowest BCUT2D eigenvalue weighted by Crippen LogP contribution is -2.46. The van der Waals surface area contributed by atoms with Gasteiger partial charge < -0.3 is 9.64 Å². The summed E-state index contributed by atoms with van der Waals surface area (Å²) in [5.41, 5.74) is 0. The summed E-state index contributed by atoms with van der Waals surface area (Å²) >= 11 is 0. The molecule has 3 atom stereocenters. The van der Waals surface area contributed by atoms with Crippen LogP contribution in [0.3, 0.4) is 0 Å². The number of piperidine rings is 1. The van der Waals surface area contributed by atoms with Crippen LogP contribution in [0.25, 0.3) is 0 Å². The summed E-state index contributed by atoms with van der Waals surface area (Å²) in [6, 6.07) is 0.514. The number of rotatable bonds is 1. The molecule has 0 saturated carbocycles. The lowest BCUT2D eigenvalue weighted by Gasteiger charge is -2.38. The summed E-state index contributed by atoms with van der Waals surface area (Å²) in [6.07, 6.45) is 1.07. The zero-order valence-corrected chi connectivity index (χ0v) is 8.91. The highest BCUT2D eigenvalue weighted by Crippen LogP contribution is 2.23. The fraction of sp³-hybridized carbons (Fsp3) is 0.900. The van der Waals surface area contributed by atoms with Crippen molar-refractivity contribution >= 4 is 5.97 Å². The smallest absolute Gasteiger partial charge is 0.302 e. The molecule has 0 bridgehead atoms. The summed E-state index contributed by atoms with van der Waals surface area (Å²) < 4.78 is 5.26. The van der Waals surface area contributed by atoms with Crippen molar-refractivity contribution in [2.45, 2.75) is 39.3 Å². The normalized spacial score (nSPS) is 35.8. The number of hydrogen-bond acceptors (Lipinski definition) is 3. The van der Waals surface area contributed by atoms with E-state index >= 15 is 0 Å². The molecule has 0 amide bonds. The molecule has 0 aliphatic carbocycles. The van der Waals surface area contributed by atoms with Crippen molar-refractivity contribution in [2.75, 3.05) is 13.6 Å². The number of carbonyl (C=O) groups excluding carboxylic acids is 1. The van der Waals surface area contributed by atoms with Gasteiger partial charge in [0.2, 0.25) is 0 Å². The van der Waals surface area contributed by atoms with Gasteiger partial charge in [0.15, 0.2) is 0 Å². The molecule has 1 rings (SSSR count). The lowest BCUT2D eigenvalue weighted by molar-refractivity contribution is -0.152. The molecule has 0 aromatic rings. The molecule has 3 nitrogen and oxygen atoms in total. The average Bonchev–Trinajstić information content (AvgIpc) is 1.99. The molecule has 1 aliphatic heterocycles. The Hall–Kier alpha value is -0.570. The van der Waals surface area contributed by atoms with Crippen LogP contribution in [0.2, 0.25) is 0 Å². The van der Waals surface area contributed by atoms with Gasteiger partial charge in [0.1, 0.15) is 6.10 Å². The van der Waals surface area contributed by atoms with Crippen LogP contribution in [0.1, 0.15) is 27.2 Å². The first-order valence-corrected chi connectivity index (χ1v) is 4.88. The van der Waals surface area contributed by atoms with E-state index in [9.17, 15) is 4.79 Å². The van der Waals surface area contributed by atoms with Gasteiger partial charge in [0.25, 0.3) is 0 Å². The van der Waals surface area contributed by atoms with Gasteiger partial charge in [-0.25, -0.2) is 0 Å². The van der Waals surface area contributed by atoms with Gasteiger partial charge in [-0.15, -0.1) is 0 Å². The number of likely N-dealkylation sites (tertiary alicyclic amines) is 1. The van der Waals surface area contributed by atoms with E-state index in [1.807, 2.05) is 0 Å². The summed E-state index contributed by atoms with van der Waals surface area (Å²) in [4.78, 5) is 13.1. The van der Waals surface area contributed by atoms with E-state index < -0.39 is 0 Å². The predicted molar refractivity (Wildman–Crippen MR) is 51.4 cm³/mol. The first-order chi connectivity index (χ1) is 6.00. The Bertz CT molecular complexity index is 193. The van der Waals surface area contributed by atoms with Crippen molar-refractivity contribution in [3.8, 4) is 0 Å².